The van der Waals surface area contributed by atoms with Gasteiger partial charge in [0.2, 0.25) is 0 Å². The van der Waals surface area contributed by atoms with Crippen LogP contribution in [-0.2, 0) is 0 Å². The zero-order chi connectivity index (χ0) is 13.5. The lowest BCUT2D eigenvalue weighted by atomic mass is 10.0. The second-order valence-corrected chi connectivity index (χ2v) is 4.54. The van der Waals surface area contributed by atoms with Gasteiger partial charge in [0.25, 0.3) is 0 Å². The molecule has 0 spiro atoms. The Morgan fingerprint density at radius 3 is 2.78 bits per heavy atom. The van der Waals surface area contributed by atoms with E-state index in [0.29, 0.717) is 11.6 Å². The van der Waals surface area contributed by atoms with Crippen LogP contribution in [0.2, 0.25) is 5.02 Å². The molecule has 2 atom stereocenters. The van der Waals surface area contributed by atoms with Crippen LogP contribution in [0.4, 0.5) is 4.39 Å². The number of hydrogen-bond donors (Lipinski definition) is 2. The molecule has 1 rings (SSSR count). The van der Waals surface area contributed by atoms with Gasteiger partial charge in [0, 0.05) is 17.6 Å². The first-order valence-corrected chi connectivity index (χ1v) is 6.37. The van der Waals surface area contributed by atoms with Crippen LogP contribution in [0.25, 0.3) is 0 Å². The van der Waals surface area contributed by atoms with Crippen molar-refractivity contribution in [3.8, 4) is 12.3 Å². The molecule has 1 aromatic rings. The topological polar surface area (TPSA) is 38.0 Å². The number of hydrogen-bond acceptors (Lipinski definition) is 2. The molecular weight excluding hydrogens is 251 g/mol. The first-order valence-electron chi connectivity index (χ1n) is 5.99. The lowest BCUT2D eigenvalue weighted by Crippen LogP contribution is -2.36. The van der Waals surface area contributed by atoms with E-state index in [4.69, 9.17) is 23.8 Å². The highest BCUT2D eigenvalue weighted by Gasteiger charge is 2.16. The zero-order valence-corrected chi connectivity index (χ0v) is 11.2. The Bertz CT molecular complexity index is 428. The van der Waals surface area contributed by atoms with E-state index in [0.717, 1.165) is 18.4 Å². The predicted octanol–water partition coefficient (Wildman–Crippen LogP) is 2.87. The van der Waals surface area contributed by atoms with Crippen molar-refractivity contribution in [2.75, 3.05) is 6.54 Å². The van der Waals surface area contributed by atoms with Crippen molar-refractivity contribution in [1.29, 1.82) is 0 Å². The van der Waals surface area contributed by atoms with E-state index in [1.54, 1.807) is 6.07 Å². The van der Waals surface area contributed by atoms with Gasteiger partial charge in [0.1, 0.15) is 5.82 Å². The Hall–Kier alpha value is -1.08. The Labute approximate surface area is 113 Å². The molecule has 18 heavy (non-hydrogen) atoms. The third-order valence-corrected chi connectivity index (χ3v) is 3.08. The molecule has 0 aliphatic carbocycles. The summed E-state index contributed by atoms with van der Waals surface area (Å²) in [6.45, 7) is 2.42. The number of nitrogens with one attached hydrogen (secondary N) is 1. The van der Waals surface area contributed by atoms with Gasteiger partial charge in [-0.2, -0.15) is 0 Å². The molecule has 0 radical (unpaired) electrons. The average Bonchev–Trinajstić information content (AvgIpc) is 2.35. The van der Waals surface area contributed by atoms with Gasteiger partial charge >= 0.3 is 0 Å². The molecular formula is C14H18ClFN2. The second kappa shape index (κ2) is 7.38. The van der Waals surface area contributed by atoms with Crippen LogP contribution in [0, 0.1) is 18.2 Å². The molecule has 98 valence electrons. The number of terminal acetylenes is 1. The summed E-state index contributed by atoms with van der Waals surface area (Å²) in [5.41, 5.74) is 6.50. The van der Waals surface area contributed by atoms with Crippen LogP contribution in [0.5, 0.6) is 0 Å². The molecule has 0 saturated carbocycles. The third kappa shape index (κ3) is 3.99. The van der Waals surface area contributed by atoms with E-state index < -0.39 is 0 Å². The van der Waals surface area contributed by atoms with Gasteiger partial charge in [-0.15, -0.1) is 6.42 Å². The maximum atomic E-state index is 13.0. The molecule has 0 aliphatic heterocycles. The van der Waals surface area contributed by atoms with E-state index in [1.165, 1.54) is 12.1 Å². The maximum Gasteiger partial charge on any atom is 0.124 e. The summed E-state index contributed by atoms with van der Waals surface area (Å²) in [7, 11) is 0. The van der Waals surface area contributed by atoms with Gasteiger partial charge in [0.05, 0.1) is 6.04 Å². The first kappa shape index (κ1) is 15.0. The molecule has 4 heteroatoms. The Morgan fingerprint density at radius 2 is 2.28 bits per heavy atom. The second-order valence-electron chi connectivity index (χ2n) is 4.13. The molecule has 1 aromatic carbocycles. The maximum absolute atomic E-state index is 13.0. The van der Waals surface area contributed by atoms with E-state index in [-0.39, 0.29) is 17.9 Å². The predicted molar refractivity (Wildman–Crippen MR) is 73.9 cm³/mol. The zero-order valence-electron chi connectivity index (χ0n) is 10.4. The summed E-state index contributed by atoms with van der Waals surface area (Å²) < 4.78 is 13.0. The number of rotatable bonds is 6. The first-order chi connectivity index (χ1) is 8.62. The molecule has 0 aromatic heterocycles. The van der Waals surface area contributed by atoms with Crippen LogP contribution >= 0.6 is 11.6 Å². The standard InChI is InChI=1S/C14H18ClFN2/c1-3-5-11(4-2)18-14(9-17)12-7-6-10(16)8-13(12)15/h2,6-8,11,14,18H,3,5,9,17H2,1H3. The smallest absolute Gasteiger partial charge is 0.124 e. The van der Waals surface area contributed by atoms with E-state index in [2.05, 4.69) is 18.2 Å². The minimum Gasteiger partial charge on any atom is -0.329 e. The molecule has 0 amide bonds. The monoisotopic (exact) mass is 268 g/mol. The minimum absolute atomic E-state index is 0.0512. The summed E-state index contributed by atoms with van der Waals surface area (Å²) in [6.07, 6.45) is 7.31. The lowest BCUT2D eigenvalue weighted by molar-refractivity contribution is 0.475. The molecule has 0 saturated heterocycles. The Morgan fingerprint density at radius 1 is 1.56 bits per heavy atom. The molecule has 0 heterocycles. The van der Waals surface area contributed by atoms with Gasteiger partial charge < -0.3 is 5.73 Å². The minimum atomic E-state index is -0.360. The SMILES string of the molecule is C#CC(CCC)NC(CN)c1ccc(F)cc1Cl. The summed E-state index contributed by atoms with van der Waals surface area (Å²) in [4.78, 5) is 0. The van der Waals surface area contributed by atoms with Crippen molar-refractivity contribution in [3.63, 3.8) is 0 Å². The van der Waals surface area contributed by atoms with Crippen LogP contribution in [0.3, 0.4) is 0 Å². The number of nitrogens with two attached hydrogens (primary N) is 1. The van der Waals surface area contributed by atoms with Crippen molar-refractivity contribution in [2.45, 2.75) is 31.8 Å². The summed E-state index contributed by atoms with van der Waals surface area (Å²) >= 11 is 6.02. The van der Waals surface area contributed by atoms with Crippen LogP contribution < -0.4 is 11.1 Å². The van der Waals surface area contributed by atoms with E-state index in [9.17, 15) is 4.39 Å². The molecule has 0 bridgehead atoms. The largest absolute Gasteiger partial charge is 0.329 e. The highest BCUT2D eigenvalue weighted by molar-refractivity contribution is 6.31. The van der Waals surface area contributed by atoms with Crippen molar-refractivity contribution in [1.82, 2.24) is 5.32 Å². The van der Waals surface area contributed by atoms with Gasteiger partial charge in [-0.05, 0) is 24.1 Å². The molecule has 3 N–H and O–H groups in total. The highest BCUT2D eigenvalue weighted by Crippen LogP contribution is 2.24. The van der Waals surface area contributed by atoms with Crippen molar-refractivity contribution < 1.29 is 4.39 Å². The molecule has 0 aliphatic rings. The Balaban J connectivity index is 2.86. The quantitative estimate of drug-likeness (QED) is 0.779. The van der Waals surface area contributed by atoms with Crippen LogP contribution in [0.1, 0.15) is 31.4 Å². The normalized spacial score (nSPS) is 13.9. The molecule has 2 nitrogen and oxygen atoms in total. The van der Waals surface area contributed by atoms with Crippen molar-refractivity contribution in [2.24, 2.45) is 5.73 Å². The fraction of sp³-hybridized carbons (Fsp3) is 0.429. The fourth-order valence-electron chi connectivity index (χ4n) is 1.82. The van der Waals surface area contributed by atoms with E-state index >= 15 is 0 Å². The van der Waals surface area contributed by atoms with Gasteiger partial charge in [0.15, 0.2) is 0 Å². The summed E-state index contributed by atoms with van der Waals surface area (Å²) in [6, 6.07) is 4.08. The number of benzene rings is 1. The Kier molecular flexibility index (Phi) is 6.14. The van der Waals surface area contributed by atoms with Gasteiger partial charge in [-0.25, -0.2) is 4.39 Å². The van der Waals surface area contributed by atoms with Crippen molar-refractivity contribution in [3.05, 3.63) is 34.6 Å². The van der Waals surface area contributed by atoms with Gasteiger partial charge in [-0.3, -0.25) is 5.32 Å². The molecule has 2 unspecified atom stereocenters. The van der Waals surface area contributed by atoms with Crippen LogP contribution in [0.15, 0.2) is 18.2 Å². The average molecular weight is 269 g/mol. The molecule has 0 fully saturated rings. The summed E-state index contributed by atoms with van der Waals surface area (Å²) in [5.74, 6) is 2.32. The lowest BCUT2D eigenvalue weighted by Gasteiger charge is -2.22. The fourth-order valence-corrected chi connectivity index (χ4v) is 2.11. The van der Waals surface area contributed by atoms with Crippen molar-refractivity contribution >= 4 is 11.6 Å². The highest BCUT2D eigenvalue weighted by atomic mass is 35.5. The van der Waals surface area contributed by atoms with E-state index in [1.807, 2.05) is 0 Å². The van der Waals surface area contributed by atoms with Gasteiger partial charge in [-0.1, -0.05) is 36.9 Å². The summed E-state index contributed by atoms with van der Waals surface area (Å²) in [5, 5.41) is 3.63. The van der Waals surface area contributed by atoms with Crippen LogP contribution in [-0.4, -0.2) is 12.6 Å². The number of halogens is 2. The third-order valence-electron chi connectivity index (χ3n) is 2.75.